The van der Waals surface area contributed by atoms with Crippen LogP contribution in [0.3, 0.4) is 0 Å². The quantitative estimate of drug-likeness (QED) is 0.639. The van der Waals surface area contributed by atoms with E-state index < -0.39 is 0 Å². The smallest absolute Gasteiger partial charge is 0.236 e. The van der Waals surface area contributed by atoms with E-state index in [4.69, 9.17) is 4.74 Å². The lowest BCUT2D eigenvalue weighted by atomic mass is 10.1. The number of benzene rings is 1. The molecule has 0 aliphatic rings. The second-order valence-electron chi connectivity index (χ2n) is 5.04. The monoisotopic (exact) mass is 290 g/mol. The number of unbranched alkanes of at least 4 members (excludes halogenated alkanes) is 5. The highest BCUT2D eigenvalue weighted by molar-refractivity contribution is 7.16. The van der Waals surface area contributed by atoms with Crippen LogP contribution in [0.25, 0.3) is 10.1 Å². The van der Waals surface area contributed by atoms with Crippen molar-refractivity contribution in [2.75, 3.05) is 6.61 Å². The molecule has 0 N–H and O–H groups in total. The van der Waals surface area contributed by atoms with Crippen molar-refractivity contribution in [3.8, 4) is 5.75 Å². The van der Waals surface area contributed by atoms with E-state index in [1.165, 1.54) is 43.4 Å². The summed E-state index contributed by atoms with van der Waals surface area (Å²) in [5.74, 6) is 0.734. The Hall–Kier alpha value is -1.35. The molecule has 0 radical (unpaired) electrons. The molecule has 108 valence electrons. The molecule has 0 amide bonds. The summed E-state index contributed by atoms with van der Waals surface area (Å²) in [4.78, 5) is 11.6. The lowest BCUT2D eigenvalue weighted by Crippen LogP contribution is -2.01. The van der Waals surface area contributed by atoms with Crippen molar-refractivity contribution in [1.82, 2.24) is 0 Å². The van der Waals surface area contributed by atoms with E-state index in [1.807, 2.05) is 24.3 Å². The van der Waals surface area contributed by atoms with Crippen LogP contribution in [0.15, 0.2) is 35.1 Å². The average molecular weight is 290 g/mol. The van der Waals surface area contributed by atoms with Crippen LogP contribution in [0, 0.1) is 0 Å². The van der Waals surface area contributed by atoms with E-state index in [9.17, 15) is 4.79 Å². The number of ether oxygens (including phenoxy) is 1. The summed E-state index contributed by atoms with van der Waals surface area (Å²) in [6.45, 7) is 2.93. The Morgan fingerprint density at radius 1 is 1.05 bits per heavy atom. The Morgan fingerprint density at radius 2 is 1.80 bits per heavy atom. The van der Waals surface area contributed by atoms with E-state index in [0.29, 0.717) is 6.61 Å². The van der Waals surface area contributed by atoms with Gasteiger partial charge in [-0.05, 0) is 18.6 Å². The van der Waals surface area contributed by atoms with Crippen molar-refractivity contribution in [3.63, 3.8) is 0 Å². The van der Waals surface area contributed by atoms with Crippen LogP contribution in [-0.4, -0.2) is 6.61 Å². The minimum Gasteiger partial charge on any atom is -0.493 e. The lowest BCUT2D eigenvalue weighted by molar-refractivity contribution is 0.308. The third kappa shape index (κ3) is 4.34. The topological polar surface area (TPSA) is 26.3 Å². The SMILES string of the molecule is CCCCCCCCOc1cc(=O)sc2ccccc12. The molecule has 0 bridgehead atoms. The van der Waals surface area contributed by atoms with Gasteiger partial charge in [-0.1, -0.05) is 62.5 Å². The van der Waals surface area contributed by atoms with E-state index in [2.05, 4.69) is 6.92 Å². The van der Waals surface area contributed by atoms with Gasteiger partial charge in [0.25, 0.3) is 0 Å². The molecule has 0 atom stereocenters. The molecule has 2 rings (SSSR count). The van der Waals surface area contributed by atoms with Gasteiger partial charge in [0.15, 0.2) is 0 Å². The molecule has 2 aromatic rings. The Morgan fingerprint density at radius 3 is 2.65 bits per heavy atom. The molecule has 1 heterocycles. The van der Waals surface area contributed by atoms with Gasteiger partial charge in [0, 0.05) is 16.2 Å². The first-order chi connectivity index (χ1) is 9.81. The summed E-state index contributed by atoms with van der Waals surface area (Å²) in [7, 11) is 0. The van der Waals surface area contributed by atoms with Crippen LogP contribution >= 0.6 is 11.3 Å². The van der Waals surface area contributed by atoms with E-state index >= 15 is 0 Å². The zero-order valence-corrected chi connectivity index (χ0v) is 12.9. The highest BCUT2D eigenvalue weighted by Crippen LogP contribution is 2.26. The van der Waals surface area contributed by atoms with Gasteiger partial charge in [0.1, 0.15) is 5.75 Å². The zero-order valence-electron chi connectivity index (χ0n) is 12.1. The normalized spacial score (nSPS) is 10.8. The average Bonchev–Trinajstić information content (AvgIpc) is 2.46. The Labute approximate surface area is 124 Å². The number of hydrogen-bond donors (Lipinski definition) is 0. The molecule has 0 saturated carbocycles. The van der Waals surface area contributed by atoms with E-state index in [0.717, 1.165) is 22.3 Å². The van der Waals surface area contributed by atoms with Gasteiger partial charge < -0.3 is 4.74 Å². The molecule has 1 aromatic carbocycles. The van der Waals surface area contributed by atoms with Crippen LogP contribution in [-0.2, 0) is 0 Å². The first-order valence-electron chi connectivity index (χ1n) is 7.47. The standard InChI is InChI=1S/C17H22O2S/c1-2-3-4-5-6-9-12-19-15-13-17(18)20-16-11-8-7-10-14(15)16/h7-8,10-11,13H,2-6,9,12H2,1H3. The highest BCUT2D eigenvalue weighted by Gasteiger charge is 2.04. The minimum absolute atomic E-state index is 0.0571. The minimum atomic E-state index is 0.0571. The molecule has 20 heavy (non-hydrogen) atoms. The molecule has 3 heteroatoms. The zero-order chi connectivity index (χ0) is 14.2. The van der Waals surface area contributed by atoms with Crippen molar-refractivity contribution in [3.05, 3.63) is 39.9 Å². The first kappa shape index (κ1) is 15.0. The van der Waals surface area contributed by atoms with Crippen molar-refractivity contribution < 1.29 is 4.74 Å². The molecule has 0 aliphatic heterocycles. The number of rotatable bonds is 8. The number of fused-ring (bicyclic) bond motifs is 1. The summed E-state index contributed by atoms with van der Waals surface area (Å²) in [6.07, 6.45) is 7.46. The van der Waals surface area contributed by atoms with Crippen LogP contribution in [0.4, 0.5) is 0 Å². The summed E-state index contributed by atoms with van der Waals surface area (Å²) in [6, 6.07) is 9.54. The summed E-state index contributed by atoms with van der Waals surface area (Å²) in [5, 5.41) is 1.04. The van der Waals surface area contributed by atoms with Crippen LogP contribution in [0.2, 0.25) is 0 Å². The Kier molecular flexibility index (Phi) is 6.06. The predicted molar refractivity (Wildman–Crippen MR) is 87.0 cm³/mol. The van der Waals surface area contributed by atoms with Gasteiger partial charge in [-0.3, -0.25) is 4.79 Å². The molecule has 1 aromatic heterocycles. The molecule has 0 saturated heterocycles. The Bertz CT molecular complexity index is 589. The highest BCUT2D eigenvalue weighted by atomic mass is 32.1. The van der Waals surface area contributed by atoms with Crippen molar-refractivity contribution in [1.29, 1.82) is 0 Å². The third-order valence-corrected chi connectivity index (χ3v) is 4.26. The van der Waals surface area contributed by atoms with Gasteiger partial charge >= 0.3 is 0 Å². The summed E-state index contributed by atoms with van der Waals surface area (Å²) < 4.78 is 6.87. The molecular weight excluding hydrogens is 268 g/mol. The van der Waals surface area contributed by atoms with Gasteiger partial charge in [0.05, 0.1) is 6.61 Å². The van der Waals surface area contributed by atoms with Gasteiger partial charge in [-0.25, -0.2) is 0 Å². The largest absolute Gasteiger partial charge is 0.493 e. The fourth-order valence-corrected chi connectivity index (χ4v) is 3.07. The number of hydrogen-bond acceptors (Lipinski definition) is 3. The molecule has 0 spiro atoms. The summed E-state index contributed by atoms with van der Waals surface area (Å²) in [5.41, 5.74) is 0. The van der Waals surface area contributed by atoms with Crippen LogP contribution < -0.4 is 9.48 Å². The van der Waals surface area contributed by atoms with E-state index in [-0.39, 0.29) is 4.74 Å². The van der Waals surface area contributed by atoms with Gasteiger partial charge in [-0.15, -0.1) is 0 Å². The summed E-state index contributed by atoms with van der Waals surface area (Å²) >= 11 is 1.27. The second kappa shape index (κ2) is 8.05. The van der Waals surface area contributed by atoms with Crippen molar-refractivity contribution in [2.45, 2.75) is 45.4 Å². The molecule has 2 nitrogen and oxygen atoms in total. The maximum atomic E-state index is 11.6. The third-order valence-electron chi connectivity index (χ3n) is 3.37. The van der Waals surface area contributed by atoms with Gasteiger partial charge in [-0.2, -0.15) is 0 Å². The Balaban J connectivity index is 1.88. The second-order valence-corrected chi connectivity index (χ2v) is 6.09. The maximum absolute atomic E-state index is 11.6. The van der Waals surface area contributed by atoms with E-state index in [1.54, 1.807) is 6.07 Å². The molecular formula is C17H22O2S. The van der Waals surface area contributed by atoms with Crippen LogP contribution in [0.5, 0.6) is 5.75 Å². The van der Waals surface area contributed by atoms with Crippen molar-refractivity contribution in [2.24, 2.45) is 0 Å². The van der Waals surface area contributed by atoms with Crippen molar-refractivity contribution >= 4 is 21.4 Å². The molecule has 0 aliphatic carbocycles. The molecule has 0 unspecified atom stereocenters. The van der Waals surface area contributed by atoms with Crippen LogP contribution in [0.1, 0.15) is 45.4 Å². The fraction of sp³-hybridized carbons (Fsp3) is 0.471. The fourth-order valence-electron chi connectivity index (χ4n) is 2.27. The molecule has 0 fully saturated rings. The van der Waals surface area contributed by atoms with Gasteiger partial charge in [0.2, 0.25) is 4.74 Å². The lowest BCUT2D eigenvalue weighted by Gasteiger charge is -2.08. The first-order valence-corrected chi connectivity index (χ1v) is 8.28. The maximum Gasteiger partial charge on any atom is 0.236 e. The predicted octanol–water partition coefficient (Wildman–Crippen LogP) is 5.00.